The van der Waals surface area contributed by atoms with Crippen molar-refractivity contribution < 1.29 is 18.7 Å². The van der Waals surface area contributed by atoms with Crippen LogP contribution in [0.4, 0.5) is 10.3 Å². The van der Waals surface area contributed by atoms with Gasteiger partial charge in [0, 0.05) is 38.6 Å². The second-order valence-corrected chi connectivity index (χ2v) is 5.89. The number of anilines is 1. The van der Waals surface area contributed by atoms with Crippen LogP contribution < -0.4 is 4.90 Å². The molecule has 0 bridgehead atoms. The molecule has 2 heterocycles. The fourth-order valence-electron chi connectivity index (χ4n) is 2.74. The molecule has 1 amide bonds. The van der Waals surface area contributed by atoms with Gasteiger partial charge in [-0.15, -0.1) is 0 Å². The number of nitrogens with zero attached hydrogens (tertiary/aromatic N) is 4. The second-order valence-electron chi connectivity index (χ2n) is 5.89. The maximum atomic E-state index is 13.6. The second kappa shape index (κ2) is 7.90. The lowest BCUT2D eigenvalue weighted by Gasteiger charge is -2.35. The summed E-state index contributed by atoms with van der Waals surface area (Å²) in [5, 5.41) is 0. The summed E-state index contributed by atoms with van der Waals surface area (Å²) in [6.45, 7) is 3.61. The number of benzene rings is 1. The van der Waals surface area contributed by atoms with Gasteiger partial charge in [0.1, 0.15) is 5.82 Å². The highest BCUT2D eigenvalue weighted by molar-refractivity contribution is 5.92. The Morgan fingerprint density at radius 2 is 1.73 bits per heavy atom. The summed E-state index contributed by atoms with van der Waals surface area (Å²) in [5.74, 6) is -1.20. The van der Waals surface area contributed by atoms with Gasteiger partial charge in [-0.3, -0.25) is 4.79 Å². The van der Waals surface area contributed by atoms with Crippen LogP contribution in [0, 0.1) is 5.82 Å². The van der Waals surface area contributed by atoms with E-state index in [0.29, 0.717) is 32.1 Å². The Morgan fingerprint density at radius 1 is 1.08 bits per heavy atom. The van der Waals surface area contributed by atoms with E-state index in [-0.39, 0.29) is 11.5 Å². The smallest absolute Gasteiger partial charge is 0.341 e. The Hall–Kier alpha value is -3.03. The fourth-order valence-corrected chi connectivity index (χ4v) is 2.74. The van der Waals surface area contributed by atoms with Crippen molar-refractivity contribution in [2.75, 3.05) is 31.1 Å². The van der Waals surface area contributed by atoms with E-state index in [9.17, 15) is 14.0 Å². The summed E-state index contributed by atoms with van der Waals surface area (Å²) >= 11 is 0. The molecule has 1 aliphatic rings. The normalized spacial score (nSPS) is 15.5. The number of esters is 1. The van der Waals surface area contributed by atoms with E-state index in [4.69, 9.17) is 4.74 Å². The van der Waals surface area contributed by atoms with Crippen LogP contribution in [0.2, 0.25) is 0 Å². The molecule has 136 valence electrons. The lowest BCUT2D eigenvalue weighted by molar-refractivity contribution is -0.140. The first kappa shape index (κ1) is 17.8. The minimum absolute atomic E-state index is 0.182. The monoisotopic (exact) mass is 358 g/mol. The highest BCUT2D eigenvalue weighted by Gasteiger charge is 2.28. The maximum Gasteiger partial charge on any atom is 0.341 e. The first-order valence-electron chi connectivity index (χ1n) is 8.32. The molecule has 0 saturated carbocycles. The molecule has 1 saturated heterocycles. The number of hydrogen-bond donors (Lipinski definition) is 0. The zero-order valence-electron chi connectivity index (χ0n) is 14.3. The summed E-state index contributed by atoms with van der Waals surface area (Å²) in [7, 11) is 0. The van der Waals surface area contributed by atoms with Crippen molar-refractivity contribution in [3.63, 3.8) is 0 Å². The minimum Gasteiger partial charge on any atom is -0.449 e. The molecule has 7 nitrogen and oxygen atoms in total. The van der Waals surface area contributed by atoms with Crippen LogP contribution in [0.3, 0.4) is 0 Å². The van der Waals surface area contributed by atoms with Crippen LogP contribution in [0.25, 0.3) is 0 Å². The van der Waals surface area contributed by atoms with Crippen molar-refractivity contribution in [2.45, 2.75) is 13.0 Å². The number of amides is 1. The van der Waals surface area contributed by atoms with Crippen molar-refractivity contribution in [2.24, 2.45) is 0 Å². The molecule has 0 radical (unpaired) electrons. The number of rotatable bonds is 4. The van der Waals surface area contributed by atoms with Crippen molar-refractivity contribution in [3.8, 4) is 0 Å². The van der Waals surface area contributed by atoms with E-state index in [1.54, 1.807) is 23.4 Å². The lowest BCUT2D eigenvalue weighted by Crippen LogP contribution is -2.52. The summed E-state index contributed by atoms with van der Waals surface area (Å²) in [6.07, 6.45) is 2.36. The van der Waals surface area contributed by atoms with Crippen LogP contribution in [-0.2, 0) is 9.53 Å². The Bertz CT molecular complexity index is 779. The fraction of sp³-hybridized carbons (Fsp3) is 0.333. The van der Waals surface area contributed by atoms with E-state index < -0.39 is 17.9 Å². The number of aromatic nitrogens is 2. The minimum atomic E-state index is -0.985. The van der Waals surface area contributed by atoms with Crippen molar-refractivity contribution in [1.29, 1.82) is 0 Å². The predicted octanol–water partition coefficient (Wildman–Crippen LogP) is 1.51. The number of piperazine rings is 1. The highest BCUT2D eigenvalue weighted by Crippen LogP contribution is 2.13. The molecule has 26 heavy (non-hydrogen) atoms. The number of carbonyl (C=O) groups is 2. The molecule has 0 spiro atoms. The summed E-state index contributed by atoms with van der Waals surface area (Å²) < 4.78 is 18.8. The van der Waals surface area contributed by atoms with Crippen molar-refractivity contribution >= 4 is 17.8 Å². The molecule has 3 rings (SSSR count). The Labute approximate surface area is 150 Å². The average Bonchev–Trinajstić information content (AvgIpc) is 2.68. The molecule has 2 aromatic rings. The molecule has 0 N–H and O–H groups in total. The van der Waals surface area contributed by atoms with Crippen molar-refractivity contribution in [1.82, 2.24) is 14.9 Å². The molecular weight excluding hydrogens is 339 g/mol. The number of carbonyl (C=O) groups excluding carboxylic acids is 2. The van der Waals surface area contributed by atoms with Gasteiger partial charge in [-0.05, 0) is 25.1 Å². The first-order chi connectivity index (χ1) is 12.6. The van der Waals surface area contributed by atoms with Gasteiger partial charge in [0.25, 0.3) is 5.91 Å². The summed E-state index contributed by atoms with van der Waals surface area (Å²) in [5.41, 5.74) is -0.182. The third-order valence-corrected chi connectivity index (χ3v) is 4.15. The van der Waals surface area contributed by atoms with E-state index in [1.807, 2.05) is 4.90 Å². The quantitative estimate of drug-likeness (QED) is 0.771. The highest BCUT2D eigenvalue weighted by atomic mass is 19.1. The summed E-state index contributed by atoms with van der Waals surface area (Å²) in [4.78, 5) is 36.5. The summed E-state index contributed by atoms with van der Waals surface area (Å²) in [6, 6.07) is 7.27. The SMILES string of the molecule is CC(OC(=O)c1ccccc1F)C(=O)N1CCN(c2ncccn2)CC1. The van der Waals surface area contributed by atoms with Gasteiger partial charge in [-0.1, -0.05) is 12.1 Å². The Morgan fingerprint density at radius 3 is 2.38 bits per heavy atom. The zero-order chi connectivity index (χ0) is 18.5. The van der Waals surface area contributed by atoms with E-state index in [1.165, 1.54) is 31.2 Å². The topological polar surface area (TPSA) is 75.6 Å². The molecule has 1 aliphatic heterocycles. The molecule has 1 fully saturated rings. The van der Waals surface area contributed by atoms with Crippen LogP contribution in [0.1, 0.15) is 17.3 Å². The van der Waals surface area contributed by atoms with Crippen LogP contribution in [0.15, 0.2) is 42.7 Å². The molecular formula is C18H19FN4O3. The van der Waals surface area contributed by atoms with Gasteiger partial charge < -0.3 is 14.5 Å². The van der Waals surface area contributed by atoms with Gasteiger partial charge in [0.05, 0.1) is 5.56 Å². The molecule has 1 unspecified atom stereocenters. The zero-order valence-corrected chi connectivity index (χ0v) is 14.3. The molecule has 1 atom stereocenters. The van der Waals surface area contributed by atoms with Gasteiger partial charge >= 0.3 is 5.97 Å². The van der Waals surface area contributed by atoms with Gasteiger partial charge in [0.2, 0.25) is 5.95 Å². The molecule has 0 aliphatic carbocycles. The van der Waals surface area contributed by atoms with E-state index >= 15 is 0 Å². The standard InChI is InChI=1S/C18H19FN4O3/c1-13(26-17(25)14-5-2-3-6-15(14)19)16(24)22-9-11-23(12-10-22)18-20-7-4-8-21-18/h2-8,13H,9-12H2,1H3. The molecule has 1 aromatic heterocycles. The molecule has 1 aromatic carbocycles. The van der Waals surface area contributed by atoms with Crippen molar-refractivity contribution in [3.05, 3.63) is 54.1 Å². The Kier molecular flexibility index (Phi) is 5.40. The third-order valence-electron chi connectivity index (χ3n) is 4.15. The number of halogens is 1. The maximum absolute atomic E-state index is 13.6. The lowest BCUT2D eigenvalue weighted by atomic mass is 10.2. The molecule has 8 heteroatoms. The average molecular weight is 358 g/mol. The van der Waals surface area contributed by atoms with Gasteiger partial charge in [-0.2, -0.15) is 0 Å². The number of hydrogen-bond acceptors (Lipinski definition) is 6. The number of ether oxygens (including phenoxy) is 1. The van der Waals surface area contributed by atoms with E-state index in [2.05, 4.69) is 9.97 Å². The van der Waals surface area contributed by atoms with E-state index in [0.717, 1.165) is 0 Å². The predicted molar refractivity (Wildman–Crippen MR) is 92.1 cm³/mol. The largest absolute Gasteiger partial charge is 0.449 e. The van der Waals surface area contributed by atoms with Crippen LogP contribution in [-0.4, -0.2) is 59.0 Å². The Balaban J connectivity index is 1.55. The van der Waals surface area contributed by atoms with Gasteiger partial charge in [-0.25, -0.2) is 19.2 Å². The van der Waals surface area contributed by atoms with Crippen LogP contribution in [0.5, 0.6) is 0 Å². The third kappa shape index (κ3) is 3.96. The van der Waals surface area contributed by atoms with Gasteiger partial charge in [0.15, 0.2) is 6.10 Å². The first-order valence-corrected chi connectivity index (χ1v) is 8.32. The van der Waals surface area contributed by atoms with Crippen LogP contribution >= 0.6 is 0 Å².